The van der Waals surface area contributed by atoms with Crippen LogP contribution in [0.5, 0.6) is 23.0 Å². The summed E-state index contributed by atoms with van der Waals surface area (Å²) in [5.74, 6) is 11.1. The molecule has 0 aromatic heterocycles. The maximum atomic E-state index is 12.3. The third kappa shape index (κ3) is 14.0. The molecule has 0 aliphatic rings. The van der Waals surface area contributed by atoms with Gasteiger partial charge in [-0.1, -0.05) is 24.7 Å². The van der Waals surface area contributed by atoms with Crippen LogP contribution in [0, 0.1) is 30.6 Å². The third-order valence-corrected chi connectivity index (χ3v) is 6.53. The van der Waals surface area contributed by atoms with Crippen LogP contribution in [0.2, 0.25) is 0 Å². The molecule has 0 aliphatic heterocycles. The maximum Gasteiger partial charge on any atom is 0.390 e. The normalized spacial score (nSPS) is 10.1. The van der Waals surface area contributed by atoms with E-state index in [2.05, 4.69) is 23.7 Å². The third-order valence-electron chi connectivity index (χ3n) is 6.53. The van der Waals surface area contributed by atoms with Gasteiger partial charge in [-0.05, 0) is 118 Å². The highest BCUT2D eigenvalue weighted by atomic mass is 16.5. The first-order valence-corrected chi connectivity index (χ1v) is 15.2. The standard InChI is InChI=1S/C37H40O8/c1-29-28-34(44-36(40)22-14-30-10-16-32(17-11-30)42-26-8-4-2-6-24-38)20-21-35(29)45-37(41)23-15-31-12-18-33(19-13-31)43-27-9-5-3-7-25-39/h10-13,16-21,28,38-39H,2-9,24-27H2,1H3. The molecule has 236 valence electrons. The van der Waals surface area contributed by atoms with E-state index in [1.807, 2.05) is 0 Å². The second-order valence-corrected chi connectivity index (χ2v) is 10.2. The van der Waals surface area contributed by atoms with Crippen LogP contribution in [0.25, 0.3) is 0 Å². The molecule has 45 heavy (non-hydrogen) atoms. The molecule has 3 aromatic carbocycles. The lowest BCUT2D eigenvalue weighted by Crippen LogP contribution is -2.07. The lowest BCUT2D eigenvalue weighted by atomic mass is 10.2. The van der Waals surface area contributed by atoms with Gasteiger partial charge < -0.3 is 29.2 Å². The molecule has 0 heterocycles. The Balaban J connectivity index is 1.42. The molecule has 0 spiro atoms. The zero-order chi connectivity index (χ0) is 32.1. The summed E-state index contributed by atoms with van der Waals surface area (Å²) in [6.07, 6.45) is 7.46. The van der Waals surface area contributed by atoms with Crippen molar-refractivity contribution in [3.8, 4) is 46.7 Å². The van der Waals surface area contributed by atoms with Gasteiger partial charge in [0.2, 0.25) is 0 Å². The number of carbonyl (C=O) groups is 2. The summed E-state index contributed by atoms with van der Waals surface area (Å²) < 4.78 is 22.1. The number of ether oxygens (including phenoxy) is 4. The van der Waals surface area contributed by atoms with Crippen LogP contribution < -0.4 is 18.9 Å². The minimum atomic E-state index is -0.720. The van der Waals surface area contributed by atoms with E-state index in [0.29, 0.717) is 35.7 Å². The average molecular weight is 613 g/mol. The van der Waals surface area contributed by atoms with Crippen molar-refractivity contribution in [2.45, 2.75) is 58.3 Å². The van der Waals surface area contributed by atoms with Crippen LogP contribution in [-0.4, -0.2) is 48.6 Å². The molecule has 0 amide bonds. The fraction of sp³-hybridized carbons (Fsp3) is 0.351. The van der Waals surface area contributed by atoms with Crippen molar-refractivity contribution >= 4 is 11.9 Å². The molecule has 0 atom stereocenters. The van der Waals surface area contributed by atoms with Crippen LogP contribution >= 0.6 is 0 Å². The van der Waals surface area contributed by atoms with Crippen LogP contribution in [0.4, 0.5) is 0 Å². The molecule has 8 heteroatoms. The minimum absolute atomic E-state index is 0.222. The van der Waals surface area contributed by atoms with Crippen LogP contribution in [0.3, 0.4) is 0 Å². The number of carbonyl (C=O) groups excluding carboxylic acids is 2. The van der Waals surface area contributed by atoms with Gasteiger partial charge in [-0.2, -0.15) is 0 Å². The van der Waals surface area contributed by atoms with Crippen molar-refractivity contribution < 1.29 is 38.7 Å². The molecular formula is C37H40O8. The Hall–Kier alpha value is -4.76. The lowest BCUT2D eigenvalue weighted by Gasteiger charge is -2.07. The maximum absolute atomic E-state index is 12.3. The monoisotopic (exact) mass is 612 g/mol. The Labute approximate surface area is 265 Å². The number of hydrogen-bond donors (Lipinski definition) is 2. The topological polar surface area (TPSA) is 112 Å². The first-order valence-electron chi connectivity index (χ1n) is 15.2. The van der Waals surface area contributed by atoms with Gasteiger partial charge in [0.15, 0.2) is 0 Å². The Morgan fingerprint density at radius 3 is 1.49 bits per heavy atom. The summed E-state index contributed by atoms with van der Waals surface area (Å²) >= 11 is 0. The summed E-state index contributed by atoms with van der Waals surface area (Å²) in [7, 11) is 0. The minimum Gasteiger partial charge on any atom is -0.494 e. The number of rotatable bonds is 16. The highest BCUT2D eigenvalue weighted by molar-refractivity contribution is 5.91. The number of aliphatic hydroxyl groups excluding tert-OH is 2. The molecule has 0 saturated heterocycles. The Morgan fingerprint density at radius 2 is 1.02 bits per heavy atom. The average Bonchev–Trinajstić information content (AvgIpc) is 3.05. The summed E-state index contributed by atoms with van der Waals surface area (Å²) in [5, 5.41) is 17.6. The SMILES string of the molecule is Cc1cc(OC(=O)C#Cc2ccc(OCCCCCCO)cc2)ccc1OC(=O)C#Cc1ccc(OCCCCCCO)cc1. The summed E-state index contributed by atoms with van der Waals surface area (Å²) in [4.78, 5) is 24.6. The molecule has 0 bridgehead atoms. The summed E-state index contributed by atoms with van der Waals surface area (Å²) in [5.41, 5.74) is 1.88. The van der Waals surface area contributed by atoms with E-state index in [0.717, 1.165) is 62.9 Å². The fourth-order valence-electron chi connectivity index (χ4n) is 4.09. The quantitative estimate of drug-likeness (QED) is 0.0908. The highest BCUT2D eigenvalue weighted by Crippen LogP contribution is 2.24. The summed E-state index contributed by atoms with van der Waals surface area (Å²) in [6.45, 7) is 3.38. The molecule has 3 rings (SSSR count). The largest absolute Gasteiger partial charge is 0.494 e. The van der Waals surface area contributed by atoms with E-state index < -0.39 is 11.9 Å². The van der Waals surface area contributed by atoms with Crippen LogP contribution in [0.15, 0.2) is 66.7 Å². The smallest absolute Gasteiger partial charge is 0.390 e. The molecule has 0 unspecified atom stereocenters. The van der Waals surface area contributed by atoms with Crippen molar-refractivity contribution in [1.29, 1.82) is 0 Å². The zero-order valence-electron chi connectivity index (χ0n) is 25.7. The van der Waals surface area contributed by atoms with E-state index in [9.17, 15) is 9.59 Å². The first-order chi connectivity index (χ1) is 22.0. The van der Waals surface area contributed by atoms with E-state index in [4.69, 9.17) is 29.2 Å². The summed E-state index contributed by atoms with van der Waals surface area (Å²) in [6, 6.07) is 18.9. The lowest BCUT2D eigenvalue weighted by molar-refractivity contribution is -0.129. The fourth-order valence-corrected chi connectivity index (χ4v) is 4.09. The predicted octanol–water partition coefficient (Wildman–Crippen LogP) is 5.77. The molecule has 8 nitrogen and oxygen atoms in total. The molecule has 0 aliphatic carbocycles. The second-order valence-electron chi connectivity index (χ2n) is 10.2. The Morgan fingerprint density at radius 1 is 0.578 bits per heavy atom. The van der Waals surface area contributed by atoms with Gasteiger partial charge in [0.1, 0.15) is 23.0 Å². The second kappa shape index (κ2) is 20.2. The first kappa shape index (κ1) is 34.7. The van der Waals surface area contributed by atoms with E-state index >= 15 is 0 Å². The van der Waals surface area contributed by atoms with E-state index in [1.54, 1.807) is 61.5 Å². The van der Waals surface area contributed by atoms with Gasteiger partial charge in [-0.3, -0.25) is 0 Å². The van der Waals surface area contributed by atoms with Crippen molar-refractivity contribution in [3.63, 3.8) is 0 Å². The number of unbranched alkanes of at least 4 members (excludes halogenated alkanes) is 6. The number of hydrogen-bond acceptors (Lipinski definition) is 8. The van der Waals surface area contributed by atoms with Crippen molar-refractivity contribution in [2.24, 2.45) is 0 Å². The van der Waals surface area contributed by atoms with Gasteiger partial charge >= 0.3 is 11.9 Å². The van der Waals surface area contributed by atoms with E-state index in [-0.39, 0.29) is 19.0 Å². The van der Waals surface area contributed by atoms with Crippen LogP contribution in [-0.2, 0) is 9.59 Å². The number of esters is 2. The van der Waals surface area contributed by atoms with Crippen molar-refractivity contribution in [2.75, 3.05) is 26.4 Å². The molecular weight excluding hydrogens is 572 g/mol. The number of aliphatic hydroxyl groups is 2. The van der Waals surface area contributed by atoms with Gasteiger partial charge in [0.25, 0.3) is 0 Å². The van der Waals surface area contributed by atoms with Crippen LogP contribution in [0.1, 0.15) is 68.1 Å². The molecule has 0 radical (unpaired) electrons. The number of aryl methyl sites for hydroxylation is 1. The molecule has 0 saturated carbocycles. The van der Waals surface area contributed by atoms with Gasteiger partial charge in [-0.15, -0.1) is 0 Å². The van der Waals surface area contributed by atoms with Crippen molar-refractivity contribution in [3.05, 3.63) is 83.4 Å². The highest BCUT2D eigenvalue weighted by Gasteiger charge is 2.08. The van der Waals surface area contributed by atoms with Gasteiger partial charge in [-0.25, -0.2) is 9.59 Å². The number of benzene rings is 3. The molecule has 2 N–H and O–H groups in total. The predicted molar refractivity (Wildman–Crippen MR) is 171 cm³/mol. The van der Waals surface area contributed by atoms with Crippen molar-refractivity contribution in [1.82, 2.24) is 0 Å². The zero-order valence-corrected chi connectivity index (χ0v) is 25.7. The van der Waals surface area contributed by atoms with E-state index in [1.165, 1.54) is 12.1 Å². The Kier molecular flexibility index (Phi) is 15.6. The van der Waals surface area contributed by atoms with Gasteiger partial charge in [0.05, 0.1) is 13.2 Å². The Bertz CT molecular complexity index is 1470. The van der Waals surface area contributed by atoms with Gasteiger partial charge in [0, 0.05) is 36.2 Å². The molecule has 3 aromatic rings. The molecule has 0 fully saturated rings.